The van der Waals surface area contributed by atoms with Gasteiger partial charge >= 0.3 is 6.18 Å². The van der Waals surface area contributed by atoms with Crippen LogP contribution in [0.1, 0.15) is 11.1 Å². The lowest BCUT2D eigenvalue weighted by atomic mass is 10.1. The highest BCUT2D eigenvalue weighted by Crippen LogP contribution is 2.36. The van der Waals surface area contributed by atoms with Crippen LogP contribution in [-0.2, 0) is 15.7 Å². The van der Waals surface area contributed by atoms with Crippen molar-refractivity contribution in [1.82, 2.24) is 14.8 Å². The first-order valence-corrected chi connectivity index (χ1v) is 11.2. The fourth-order valence-corrected chi connectivity index (χ4v) is 4.25. The van der Waals surface area contributed by atoms with Gasteiger partial charge in [-0.2, -0.15) is 13.2 Å². The standard InChI is InChI=1S/C22H22F3N5O2S/c1-15-4-2-3-5-18(15)30-14-26-28-21(30)33-13-20(31)27-17-12-16(22(23,24)25)6-7-19(17)29-8-10-32-11-9-29/h2-7,12,14H,8-11,13H2,1H3,(H,27,31). The van der Waals surface area contributed by atoms with Gasteiger partial charge in [0.1, 0.15) is 6.33 Å². The summed E-state index contributed by atoms with van der Waals surface area (Å²) < 4.78 is 47.0. The number of para-hydroxylation sites is 1. The van der Waals surface area contributed by atoms with E-state index in [2.05, 4.69) is 15.5 Å². The van der Waals surface area contributed by atoms with Crippen molar-refractivity contribution >= 4 is 29.0 Å². The number of aromatic nitrogens is 3. The number of benzene rings is 2. The molecule has 1 aliphatic rings. The highest BCUT2D eigenvalue weighted by Gasteiger charge is 2.32. The van der Waals surface area contributed by atoms with E-state index in [1.165, 1.54) is 6.07 Å². The molecule has 2 aromatic carbocycles. The zero-order valence-electron chi connectivity index (χ0n) is 17.8. The Hall–Kier alpha value is -3.05. The molecule has 0 bridgehead atoms. The molecule has 1 saturated heterocycles. The fourth-order valence-electron chi connectivity index (χ4n) is 3.53. The number of rotatable bonds is 6. The van der Waals surface area contributed by atoms with E-state index >= 15 is 0 Å². The van der Waals surface area contributed by atoms with E-state index in [0.29, 0.717) is 37.1 Å². The number of hydrogen-bond acceptors (Lipinski definition) is 6. The van der Waals surface area contributed by atoms with E-state index in [1.807, 2.05) is 36.1 Å². The molecule has 0 unspecified atom stereocenters. The lowest BCUT2D eigenvalue weighted by molar-refractivity contribution is -0.137. The molecule has 11 heteroatoms. The minimum absolute atomic E-state index is 0.0383. The third kappa shape index (κ3) is 5.48. The van der Waals surface area contributed by atoms with Gasteiger partial charge < -0.3 is 15.0 Å². The Morgan fingerprint density at radius 1 is 1.15 bits per heavy atom. The number of nitrogens with zero attached hydrogens (tertiary/aromatic N) is 4. The SMILES string of the molecule is Cc1ccccc1-n1cnnc1SCC(=O)Nc1cc(C(F)(F)F)ccc1N1CCOCC1. The lowest BCUT2D eigenvalue weighted by Gasteiger charge is -2.31. The predicted molar refractivity (Wildman–Crippen MR) is 120 cm³/mol. The molecule has 2 heterocycles. The average Bonchev–Trinajstić information content (AvgIpc) is 3.26. The number of halogens is 3. The lowest BCUT2D eigenvalue weighted by Crippen LogP contribution is -2.37. The molecule has 0 atom stereocenters. The Kier molecular flexibility index (Phi) is 6.89. The number of carbonyl (C=O) groups excluding carboxylic acids is 1. The van der Waals surface area contributed by atoms with E-state index < -0.39 is 17.6 Å². The largest absolute Gasteiger partial charge is 0.416 e. The summed E-state index contributed by atoms with van der Waals surface area (Å²) >= 11 is 1.16. The first-order valence-electron chi connectivity index (χ1n) is 10.3. The van der Waals surface area contributed by atoms with Crippen molar-refractivity contribution in [3.05, 3.63) is 59.9 Å². The number of amides is 1. The van der Waals surface area contributed by atoms with E-state index in [9.17, 15) is 18.0 Å². The molecule has 0 radical (unpaired) electrons. The molecule has 4 rings (SSSR count). The summed E-state index contributed by atoms with van der Waals surface area (Å²) in [4.78, 5) is 14.6. The third-order valence-corrected chi connectivity index (χ3v) is 6.12. The van der Waals surface area contributed by atoms with Crippen LogP contribution in [0.15, 0.2) is 53.9 Å². The number of nitrogens with one attached hydrogen (secondary N) is 1. The average molecular weight is 478 g/mol. The number of hydrogen-bond donors (Lipinski definition) is 1. The van der Waals surface area contributed by atoms with Crippen LogP contribution in [0.4, 0.5) is 24.5 Å². The van der Waals surface area contributed by atoms with Crippen LogP contribution in [0.25, 0.3) is 5.69 Å². The molecule has 1 aromatic heterocycles. The summed E-state index contributed by atoms with van der Waals surface area (Å²) in [7, 11) is 0. The third-order valence-electron chi connectivity index (χ3n) is 5.17. The summed E-state index contributed by atoms with van der Waals surface area (Å²) in [5.41, 5.74) is 1.74. The summed E-state index contributed by atoms with van der Waals surface area (Å²) in [6.07, 6.45) is -2.95. The molecule has 1 aliphatic heterocycles. The summed E-state index contributed by atoms with van der Waals surface area (Å²) in [5.74, 6) is -0.475. The van der Waals surface area contributed by atoms with Crippen LogP contribution >= 0.6 is 11.8 Å². The number of alkyl halides is 3. The second-order valence-electron chi connectivity index (χ2n) is 7.44. The Bertz CT molecular complexity index is 1130. The number of carbonyl (C=O) groups is 1. The summed E-state index contributed by atoms with van der Waals surface area (Å²) in [6, 6.07) is 11.1. The Morgan fingerprint density at radius 2 is 1.91 bits per heavy atom. The molecular formula is C22H22F3N5O2S. The van der Waals surface area contributed by atoms with Gasteiger partial charge in [-0.05, 0) is 36.8 Å². The predicted octanol–water partition coefficient (Wildman–Crippen LogP) is 4.16. The molecule has 7 nitrogen and oxygen atoms in total. The van der Waals surface area contributed by atoms with E-state index in [1.54, 1.807) is 10.9 Å². The van der Waals surface area contributed by atoms with Gasteiger partial charge in [0.2, 0.25) is 5.91 Å². The van der Waals surface area contributed by atoms with E-state index in [-0.39, 0.29) is 11.4 Å². The normalized spacial score (nSPS) is 14.4. The van der Waals surface area contributed by atoms with Crippen LogP contribution in [0.3, 0.4) is 0 Å². The Morgan fingerprint density at radius 3 is 2.64 bits per heavy atom. The molecule has 174 valence electrons. The molecule has 0 spiro atoms. The number of ether oxygens (including phenoxy) is 1. The second kappa shape index (κ2) is 9.84. The van der Waals surface area contributed by atoms with Gasteiger partial charge in [0, 0.05) is 13.1 Å². The van der Waals surface area contributed by atoms with Crippen molar-refractivity contribution in [2.24, 2.45) is 0 Å². The zero-order chi connectivity index (χ0) is 23.4. The van der Waals surface area contributed by atoms with Gasteiger partial charge in [-0.25, -0.2) is 0 Å². The van der Waals surface area contributed by atoms with Crippen LogP contribution in [0.5, 0.6) is 0 Å². The van der Waals surface area contributed by atoms with E-state index in [4.69, 9.17) is 4.74 Å². The van der Waals surface area contributed by atoms with Crippen LogP contribution < -0.4 is 10.2 Å². The summed E-state index contributed by atoms with van der Waals surface area (Å²) in [6.45, 7) is 3.96. The minimum Gasteiger partial charge on any atom is -0.378 e. The van der Waals surface area contributed by atoms with Gasteiger partial charge in [0.05, 0.1) is 41.6 Å². The maximum Gasteiger partial charge on any atom is 0.416 e. The first kappa shape index (κ1) is 23.1. The van der Waals surface area contributed by atoms with Crippen molar-refractivity contribution in [1.29, 1.82) is 0 Å². The Labute approximate surface area is 192 Å². The molecular weight excluding hydrogens is 455 g/mol. The number of thioether (sulfide) groups is 1. The smallest absolute Gasteiger partial charge is 0.378 e. The zero-order valence-corrected chi connectivity index (χ0v) is 18.6. The van der Waals surface area contributed by atoms with Crippen molar-refractivity contribution in [2.75, 3.05) is 42.3 Å². The fraction of sp³-hybridized carbons (Fsp3) is 0.318. The molecule has 1 fully saturated rings. The number of aryl methyl sites for hydroxylation is 1. The number of morpholine rings is 1. The topological polar surface area (TPSA) is 72.3 Å². The highest BCUT2D eigenvalue weighted by atomic mass is 32.2. The van der Waals surface area contributed by atoms with Gasteiger partial charge in [-0.15, -0.1) is 10.2 Å². The molecule has 0 aliphatic carbocycles. The van der Waals surface area contributed by atoms with E-state index in [0.717, 1.165) is 35.1 Å². The second-order valence-corrected chi connectivity index (χ2v) is 8.38. The molecule has 1 amide bonds. The van der Waals surface area contributed by atoms with Gasteiger partial charge in [0.25, 0.3) is 0 Å². The van der Waals surface area contributed by atoms with Crippen LogP contribution in [0, 0.1) is 6.92 Å². The van der Waals surface area contributed by atoms with Crippen molar-refractivity contribution in [3.8, 4) is 5.69 Å². The minimum atomic E-state index is -4.51. The van der Waals surface area contributed by atoms with Crippen molar-refractivity contribution in [2.45, 2.75) is 18.3 Å². The van der Waals surface area contributed by atoms with Gasteiger partial charge in [-0.1, -0.05) is 30.0 Å². The molecule has 0 saturated carbocycles. The first-order chi connectivity index (χ1) is 15.8. The van der Waals surface area contributed by atoms with Crippen molar-refractivity contribution < 1.29 is 22.7 Å². The number of anilines is 2. The van der Waals surface area contributed by atoms with Crippen molar-refractivity contribution in [3.63, 3.8) is 0 Å². The van der Waals surface area contributed by atoms with Crippen LogP contribution in [-0.4, -0.2) is 52.7 Å². The van der Waals surface area contributed by atoms with Gasteiger partial charge in [-0.3, -0.25) is 9.36 Å². The van der Waals surface area contributed by atoms with Gasteiger partial charge in [0.15, 0.2) is 5.16 Å². The van der Waals surface area contributed by atoms with Crippen LogP contribution in [0.2, 0.25) is 0 Å². The molecule has 33 heavy (non-hydrogen) atoms. The molecule has 3 aromatic rings. The summed E-state index contributed by atoms with van der Waals surface area (Å²) in [5, 5.41) is 11.2. The monoisotopic (exact) mass is 477 g/mol. The highest BCUT2D eigenvalue weighted by molar-refractivity contribution is 7.99. The quantitative estimate of drug-likeness (QED) is 0.538. The maximum absolute atomic E-state index is 13.3. The molecule has 1 N–H and O–H groups in total. The maximum atomic E-state index is 13.3. The Balaban J connectivity index is 1.51.